The molecule has 0 aromatic heterocycles. The Morgan fingerprint density at radius 1 is 0.676 bits per heavy atom. The number of carboxylic acid groups (broad SMARTS) is 4. The maximum Gasteiger partial charge on any atom is 0.326 e. The van der Waals surface area contributed by atoms with Crippen LogP contribution in [0.2, 0.25) is 0 Å². The highest BCUT2D eigenvalue weighted by atomic mass is 32.2. The van der Waals surface area contributed by atoms with E-state index >= 15 is 0 Å². The number of thioether (sulfide) groups is 1. The molecule has 1 aromatic carbocycles. The minimum Gasteiger partial charge on any atom is -0.480 e. The first-order valence-electron chi connectivity index (χ1n) is 22.8. The molecular weight excluding hydrogens is 911 g/mol. The number of hydrogen-bond acceptors (Lipinski definition) is 15. The van der Waals surface area contributed by atoms with Gasteiger partial charge in [0.15, 0.2) is 5.78 Å². The number of amides is 6. The second-order valence-corrected chi connectivity index (χ2v) is 18.2. The lowest BCUT2D eigenvalue weighted by atomic mass is 10.0. The number of ketones is 1. The van der Waals surface area contributed by atoms with Crippen molar-refractivity contribution in [3.05, 3.63) is 29.8 Å². The fourth-order valence-electron chi connectivity index (χ4n) is 7.57. The number of hydrogen-bond donors (Lipinski definition) is 8. The molecule has 3 rings (SSSR count). The second-order valence-electron chi connectivity index (χ2n) is 16.8. The third kappa shape index (κ3) is 22.0. The zero-order valence-electron chi connectivity index (χ0n) is 38.8. The van der Waals surface area contributed by atoms with Gasteiger partial charge in [0.1, 0.15) is 6.04 Å². The highest BCUT2D eigenvalue weighted by Crippen LogP contribution is 2.20. The number of urea groups is 1. The van der Waals surface area contributed by atoms with E-state index in [4.69, 9.17) is 0 Å². The van der Waals surface area contributed by atoms with Crippen molar-refractivity contribution in [3.8, 4) is 0 Å². The van der Waals surface area contributed by atoms with Gasteiger partial charge in [-0.1, -0.05) is 26.0 Å². The fraction of sp³-hybridized carbons (Fsp3) is 0.636. The number of carbonyl (C=O) groups excluding carboxylic acids is 6. The van der Waals surface area contributed by atoms with Gasteiger partial charge in [0, 0.05) is 96.3 Å². The van der Waals surface area contributed by atoms with Gasteiger partial charge in [0.05, 0.1) is 32.2 Å². The predicted octanol–water partition coefficient (Wildman–Crippen LogP) is -0.104. The lowest BCUT2D eigenvalue weighted by Gasteiger charge is -2.32. The normalized spacial score (nSPS) is 17.9. The van der Waals surface area contributed by atoms with E-state index in [1.54, 1.807) is 62.6 Å². The first kappa shape index (κ1) is 56.6. The first-order valence-corrected chi connectivity index (χ1v) is 23.9. The van der Waals surface area contributed by atoms with Gasteiger partial charge < -0.3 is 41.7 Å². The van der Waals surface area contributed by atoms with Crippen LogP contribution in [-0.2, 0) is 49.7 Å². The van der Waals surface area contributed by atoms with Crippen molar-refractivity contribution in [2.45, 2.75) is 77.4 Å². The molecule has 6 amide bonds. The molecule has 0 bridgehead atoms. The topological polar surface area (TPSA) is 316 Å². The van der Waals surface area contributed by atoms with Crippen LogP contribution in [0.4, 0.5) is 10.5 Å². The maximum absolute atomic E-state index is 13.3. The van der Waals surface area contributed by atoms with Crippen LogP contribution in [-0.4, -0.2) is 213 Å². The maximum atomic E-state index is 13.3. The number of anilines is 1. The van der Waals surface area contributed by atoms with Gasteiger partial charge in [0.25, 0.3) is 0 Å². The van der Waals surface area contributed by atoms with Crippen molar-refractivity contribution in [3.63, 3.8) is 0 Å². The van der Waals surface area contributed by atoms with Crippen molar-refractivity contribution in [2.75, 3.05) is 102 Å². The van der Waals surface area contributed by atoms with Gasteiger partial charge in [0.2, 0.25) is 23.6 Å². The summed E-state index contributed by atoms with van der Waals surface area (Å²) < 4.78 is 0. The summed E-state index contributed by atoms with van der Waals surface area (Å²) >= 11 is 1.57. The summed E-state index contributed by atoms with van der Waals surface area (Å²) in [5.41, 5.74) is 1.09. The third-order valence-electron chi connectivity index (χ3n) is 11.3. The molecule has 2 aliphatic rings. The summed E-state index contributed by atoms with van der Waals surface area (Å²) in [5, 5.41) is 48.7. The van der Waals surface area contributed by atoms with E-state index in [2.05, 4.69) is 21.3 Å². The van der Waals surface area contributed by atoms with E-state index in [0.29, 0.717) is 29.8 Å². The van der Waals surface area contributed by atoms with Crippen LogP contribution in [0, 0.1) is 5.92 Å². The summed E-state index contributed by atoms with van der Waals surface area (Å²) in [6.07, 6.45) is 0.643. The Balaban J connectivity index is 1.50. The number of carbonyl (C=O) groups is 10. The molecule has 0 spiro atoms. The Kier molecular flexibility index (Phi) is 24.9. The molecule has 1 aromatic rings. The van der Waals surface area contributed by atoms with Gasteiger partial charge in [-0.3, -0.25) is 62.9 Å². The Morgan fingerprint density at radius 3 is 1.68 bits per heavy atom. The van der Waals surface area contributed by atoms with Gasteiger partial charge in [-0.2, -0.15) is 11.8 Å². The molecule has 0 saturated carbocycles. The van der Waals surface area contributed by atoms with Gasteiger partial charge >= 0.3 is 29.9 Å². The minimum absolute atomic E-state index is 0.0601. The Morgan fingerprint density at radius 2 is 1.21 bits per heavy atom. The van der Waals surface area contributed by atoms with E-state index in [-0.39, 0.29) is 147 Å². The molecule has 1 unspecified atom stereocenters. The third-order valence-corrected chi connectivity index (χ3v) is 12.3. The molecule has 2 saturated heterocycles. The highest BCUT2D eigenvalue weighted by molar-refractivity contribution is 7.99. The molecule has 8 N–H and O–H groups in total. The molecular formula is C44H67N9O14S. The number of aliphatic carboxylic acids is 4. The van der Waals surface area contributed by atoms with Gasteiger partial charge in [-0.05, 0) is 54.9 Å². The van der Waals surface area contributed by atoms with Crippen molar-refractivity contribution >= 4 is 76.8 Å². The lowest BCUT2D eigenvalue weighted by Crippen LogP contribution is -2.49. The number of benzene rings is 1. The van der Waals surface area contributed by atoms with Crippen LogP contribution in [0.25, 0.3) is 0 Å². The quantitative estimate of drug-likeness (QED) is 0.0421. The molecule has 0 radical (unpaired) electrons. The first-order chi connectivity index (χ1) is 32.3. The predicted molar refractivity (Wildman–Crippen MR) is 249 cm³/mol. The molecule has 0 aliphatic carbocycles. The Labute approximate surface area is 399 Å². The zero-order chi connectivity index (χ0) is 50.2. The molecule has 2 heterocycles. The number of unbranched alkanes of at least 4 members (excludes halogenated alkanes) is 1. The monoisotopic (exact) mass is 977 g/mol. The molecule has 24 heteroatoms. The van der Waals surface area contributed by atoms with Crippen LogP contribution in [0.3, 0.4) is 0 Å². The molecule has 2 aliphatic heterocycles. The van der Waals surface area contributed by atoms with E-state index < -0.39 is 53.7 Å². The number of imide groups is 1. The number of nitrogens with zero attached hydrogens (tertiary/aromatic N) is 5. The van der Waals surface area contributed by atoms with Gasteiger partial charge in [-0.15, -0.1) is 0 Å². The van der Waals surface area contributed by atoms with Crippen molar-refractivity contribution < 1.29 is 68.4 Å². The average molecular weight is 978 g/mol. The number of likely N-dealkylation sites (tertiary alicyclic amines) is 1. The van der Waals surface area contributed by atoms with E-state index in [0.717, 1.165) is 5.75 Å². The SMILES string of the molecule is CCSCC[C@H](NC(=O)Nc1ccc(CNC(=O)CN2CCN(CC(=O)O)CCN(CC(=O)O)CCN(CC(=O)O)CC2)cc1)C(=O)CCC(=O)N[C@@H](CCCCN1C(=O)CC(C)C1=O)C(=O)O. The van der Waals surface area contributed by atoms with Crippen LogP contribution >= 0.6 is 11.8 Å². The summed E-state index contributed by atoms with van der Waals surface area (Å²) in [5.74, 6) is -5.39. The average Bonchev–Trinajstić information content (AvgIpc) is 3.51. The summed E-state index contributed by atoms with van der Waals surface area (Å²) in [6.45, 7) is 5.11. The Bertz CT molecular complexity index is 1880. The second kappa shape index (κ2) is 29.9. The minimum atomic E-state index is -1.26. The van der Waals surface area contributed by atoms with E-state index in [9.17, 15) is 68.4 Å². The summed E-state index contributed by atoms with van der Waals surface area (Å²) in [4.78, 5) is 131. The standard InChI is InChI=1S/C44H67N9O14S/c1-3-68-23-13-33(35(54)11-12-36(55)47-34(43(65)66)6-4-5-14-53-38(57)24-30(2)42(53)64)48-44(67)46-32-9-7-31(8-10-32)25-45-37(56)26-49-15-17-50(27-39(58)59)19-21-52(29-41(62)63)22-20-51(18-16-49)28-40(60)61/h7-10,30,33-34H,3-6,11-29H2,1-2H3,(H,45,56)(H,47,55)(H,58,59)(H,60,61)(H,62,63)(H,65,66)(H2,46,48,67)/t30?,33-,34-/m0/s1. The number of Topliss-reactive ketones (excluding diaryl/α,β-unsaturated/α-hetero) is 1. The Hall–Kier alpha value is -5.69. The van der Waals surface area contributed by atoms with Crippen molar-refractivity contribution in [2.24, 2.45) is 5.92 Å². The molecule has 68 heavy (non-hydrogen) atoms. The van der Waals surface area contributed by atoms with Gasteiger partial charge in [-0.25, -0.2) is 9.59 Å². The molecule has 23 nitrogen and oxygen atoms in total. The summed E-state index contributed by atoms with van der Waals surface area (Å²) in [7, 11) is 0. The van der Waals surface area contributed by atoms with E-state index in [1.807, 2.05) is 6.92 Å². The highest BCUT2D eigenvalue weighted by Gasteiger charge is 2.35. The van der Waals surface area contributed by atoms with Crippen LogP contribution in [0.1, 0.15) is 64.4 Å². The fourth-order valence-corrected chi connectivity index (χ4v) is 8.26. The van der Waals surface area contributed by atoms with Crippen molar-refractivity contribution in [1.29, 1.82) is 0 Å². The summed E-state index contributed by atoms with van der Waals surface area (Å²) in [6, 6.07) is 3.77. The van der Waals surface area contributed by atoms with Crippen LogP contribution in [0.5, 0.6) is 0 Å². The van der Waals surface area contributed by atoms with Crippen LogP contribution < -0.4 is 21.3 Å². The zero-order valence-corrected chi connectivity index (χ0v) is 39.6. The number of carboxylic acids is 4. The largest absolute Gasteiger partial charge is 0.480 e. The van der Waals surface area contributed by atoms with Crippen molar-refractivity contribution in [1.82, 2.24) is 40.4 Å². The molecule has 3 atom stereocenters. The van der Waals surface area contributed by atoms with Crippen LogP contribution in [0.15, 0.2) is 24.3 Å². The van der Waals surface area contributed by atoms with E-state index in [1.165, 1.54) is 4.90 Å². The molecule has 2 fully saturated rings. The molecule has 378 valence electrons. The number of nitrogens with one attached hydrogen (secondary N) is 4. The lowest BCUT2D eigenvalue weighted by molar-refractivity contribution is -0.142. The number of rotatable bonds is 27. The smallest absolute Gasteiger partial charge is 0.326 e.